The van der Waals surface area contributed by atoms with E-state index in [9.17, 15) is 27.2 Å². The van der Waals surface area contributed by atoms with Gasteiger partial charge in [-0.1, -0.05) is 0 Å². The molecule has 1 aromatic heterocycles. The highest BCUT2D eigenvalue weighted by Gasteiger charge is 2.61. The number of hydrogen-bond acceptors (Lipinski definition) is 5. The van der Waals surface area contributed by atoms with Crippen molar-refractivity contribution in [3.63, 3.8) is 0 Å². The molecule has 0 unspecified atom stereocenters. The molecule has 5 rings (SSSR count). The van der Waals surface area contributed by atoms with E-state index in [-0.39, 0.29) is 11.5 Å². The number of amides is 2. The number of nitrogens with zero attached hydrogens (tertiary/aromatic N) is 3. The number of fused-ring (bicyclic) bond motifs is 2. The molecule has 3 aliphatic heterocycles. The molecule has 0 N–H and O–H groups in total. The van der Waals surface area contributed by atoms with Gasteiger partial charge in [0.2, 0.25) is 0 Å². The Labute approximate surface area is 198 Å². The van der Waals surface area contributed by atoms with Crippen molar-refractivity contribution >= 4 is 23.3 Å². The lowest BCUT2D eigenvalue weighted by Gasteiger charge is -2.35. The molecular weight excluding hydrogens is 470 g/mol. The molecular formula is C24H23F4N3O4. The molecule has 0 spiro atoms. The fraction of sp³-hybridized carbons (Fsp3) is 0.458. The van der Waals surface area contributed by atoms with Gasteiger partial charge in [0, 0.05) is 17.9 Å². The number of hydrogen-bond donors (Lipinski definition) is 0. The van der Waals surface area contributed by atoms with Gasteiger partial charge in [-0.3, -0.25) is 14.5 Å². The summed E-state index contributed by atoms with van der Waals surface area (Å²) < 4.78 is 66.0. The number of carbonyl (C=O) groups is 2. The van der Waals surface area contributed by atoms with Gasteiger partial charge < -0.3 is 14.4 Å². The Morgan fingerprint density at radius 3 is 2.63 bits per heavy atom. The van der Waals surface area contributed by atoms with E-state index in [0.29, 0.717) is 30.6 Å². The third-order valence-electron chi connectivity index (χ3n) is 6.39. The van der Waals surface area contributed by atoms with Crippen molar-refractivity contribution in [3.05, 3.63) is 53.0 Å². The number of benzene rings is 1. The summed E-state index contributed by atoms with van der Waals surface area (Å²) in [4.78, 5) is 33.9. The fourth-order valence-corrected chi connectivity index (χ4v) is 5.03. The van der Waals surface area contributed by atoms with Gasteiger partial charge in [-0.25, -0.2) is 9.37 Å². The molecule has 11 heteroatoms. The minimum Gasteiger partial charge on any atom is -0.341 e. The van der Waals surface area contributed by atoms with Crippen molar-refractivity contribution < 1.29 is 36.6 Å². The van der Waals surface area contributed by atoms with Crippen molar-refractivity contribution in [1.29, 1.82) is 0 Å². The quantitative estimate of drug-likeness (QED) is 0.596. The average Bonchev–Trinajstić information content (AvgIpc) is 3.22. The van der Waals surface area contributed by atoms with Crippen molar-refractivity contribution in [2.45, 2.75) is 63.8 Å². The van der Waals surface area contributed by atoms with Crippen LogP contribution in [0.3, 0.4) is 0 Å². The van der Waals surface area contributed by atoms with Crippen LogP contribution in [-0.2, 0) is 31.7 Å². The summed E-state index contributed by atoms with van der Waals surface area (Å²) >= 11 is 0. The van der Waals surface area contributed by atoms with Crippen molar-refractivity contribution in [3.8, 4) is 0 Å². The van der Waals surface area contributed by atoms with Gasteiger partial charge in [0.15, 0.2) is 11.9 Å². The van der Waals surface area contributed by atoms with Crippen LogP contribution in [0.5, 0.6) is 0 Å². The van der Waals surface area contributed by atoms with Gasteiger partial charge in [-0.05, 0) is 69.5 Å². The first-order chi connectivity index (χ1) is 16.4. The van der Waals surface area contributed by atoms with Crippen LogP contribution in [0, 0.1) is 12.7 Å². The predicted octanol–water partition coefficient (Wildman–Crippen LogP) is 3.76. The summed E-state index contributed by atoms with van der Waals surface area (Å²) in [6.07, 6.45) is -5.80. The Kier molecular flexibility index (Phi) is 5.41. The first-order valence-corrected chi connectivity index (χ1v) is 11.2. The Bertz CT molecular complexity index is 1220. The molecule has 35 heavy (non-hydrogen) atoms. The first-order valence-electron chi connectivity index (χ1n) is 11.2. The van der Waals surface area contributed by atoms with Gasteiger partial charge >= 0.3 is 6.18 Å². The number of aryl methyl sites for hydroxylation is 2. The number of aromatic nitrogens is 1. The minimum atomic E-state index is -4.68. The third kappa shape index (κ3) is 4.06. The highest BCUT2D eigenvalue weighted by Crippen LogP contribution is 2.42. The van der Waals surface area contributed by atoms with Gasteiger partial charge in [-0.15, -0.1) is 0 Å². The topological polar surface area (TPSA) is 72.0 Å². The summed E-state index contributed by atoms with van der Waals surface area (Å²) in [7, 11) is 0. The number of carbonyl (C=O) groups excluding carboxylic acids is 2. The summed E-state index contributed by atoms with van der Waals surface area (Å²) in [5, 5.41) is 0. The molecule has 2 amide bonds. The second-order valence-electron chi connectivity index (χ2n) is 9.39. The van der Waals surface area contributed by atoms with Crippen LogP contribution in [0.1, 0.15) is 37.1 Å². The zero-order valence-electron chi connectivity index (χ0n) is 19.2. The zero-order chi connectivity index (χ0) is 25.3. The van der Waals surface area contributed by atoms with Crippen molar-refractivity contribution in [2.75, 3.05) is 16.3 Å². The maximum absolute atomic E-state index is 14.0. The molecule has 3 aliphatic rings. The Morgan fingerprint density at radius 1 is 1.17 bits per heavy atom. The highest BCUT2D eigenvalue weighted by molar-refractivity contribution is 6.11. The molecule has 1 aromatic carbocycles. The average molecular weight is 493 g/mol. The summed E-state index contributed by atoms with van der Waals surface area (Å²) in [6, 6.07) is 4.37. The monoisotopic (exact) mass is 493 g/mol. The zero-order valence-corrected chi connectivity index (χ0v) is 19.2. The molecule has 0 saturated carbocycles. The summed E-state index contributed by atoms with van der Waals surface area (Å²) in [5.41, 5.74) is 0.169. The first kappa shape index (κ1) is 23.7. The molecule has 3 atom stereocenters. The smallest absolute Gasteiger partial charge is 0.341 e. The van der Waals surface area contributed by atoms with Crippen LogP contribution in [0.4, 0.5) is 29.1 Å². The summed E-state index contributed by atoms with van der Waals surface area (Å²) in [6.45, 7) is 4.86. The Balaban J connectivity index is 1.60. The number of ether oxygens (including phenoxy) is 2. The molecule has 0 bridgehead atoms. The highest BCUT2D eigenvalue weighted by atomic mass is 19.4. The van der Waals surface area contributed by atoms with Crippen LogP contribution in [0.2, 0.25) is 0 Å². The van der Waals surface area contributed by atoms with Crippen LogP contribution < -0.4 is 9.80 Å². The second kappa shape index (κ2) is 7.99. The maximum atomic E-state index is 14.0. The second-order valence-corrected chi connectivity index (χ2v) is 9.39. The van der Waals surface area contributed by atoms with E-state index in [1.807, 2.05) is 0 Å². The lowest BCUT2D eigenvalue weighted by molar-refractivity contribution is -0.161. The van der Waals surface area contributed by atoms with E-state index in [2.05, 4.69) is 4.98 Å². The third-order valence-corrected chi connectivity index (χ3v) is 6.39. The Hall–Kier alpha value is -3.05. The number of pyridine rings is 1. The van der Waals surface area contributed by atoms with Gasteiger partial charge in [-0.2, -0.15) is 13.2 Å². The standard InChI is InChI=1S/C24H23F4N3O4/c1-12-9-14(24(26,27)28)11-17(29-12)31-18(19-20(22(31)33)35-23(2,3)34-19)21(32)30-8-4-5-13-10-15(25)6-7-16(13)30/h6-7,9-11,18-20H,4-5,8H2,1-3H3/t18-,19-,20-/m0/s1. The molecule has 4 heterocycles. The minimum absolute atomic E-state index is 0.0341. The van der Waals surface area contributed by atoms with Gasteiger partial charge in [0.25, 0.3) is 11.8 Å². The van der Waals surface area contributed by atoms with E-state index in [1.165, 1.54) is 30.0 Å². The number of anilines is 2. The van der Waals surface area contributed by atoms with E-state index in [1.54, 1.807) is 13.8 Å². The van der Waals surface area contributed by atoms with Crippen LogP contribution in [0.25, 0.3) is 0 Å². The molecule has 2 saturated heterocycles. The van der Waals surface area contributed by atoms with E-state index in [0.717, 1.165) is 17.0 Å². The van der Waals surface area contributed by atoms with Crippen LogP contribution in [-0.4, -0.2) is 47.4 Å². The predicted molar refractivity (Wildman–Crippen MR) is 116 cm³/mol. The molecule has 7 nitrogen and oxygen atoms in total. The van der Waals surface area contributed by atoms with Crippen molar-refractivity contribution in [2.24, 2.45) is 0 Å². The lowest BCUT2D eigenvalue weighted by atomic mass is 9.99. The van der Waals surface area contributed by atoms with Gasteiger partial charge in [0.05, 0.1) is 5.56 Å². The number of alkyl halides is 3. The molecule has 0 aliphatic carbocycles. The van der Waals surface area contributed by atoms with E-state index >= 15 is 0 Å². The number of rotatable bonds is 2. The van der Waals surface area contributed by atoms with E-state index < -0.39 is 53.4 Å². The van der Waals surface area contributed by atoms with Crippen LogP contribution >= 0.6 is 0 Å². The molecule has 2 fully saturated rings. The Morgan fingerprint density at radius 2 is 1.91 bits per heavy atom. The molecule has 2 aromatic rings. The SMILES string of the molecule is Cc1cc(C(F)(F)F)cc(N2C(=O)[C@H]3OC(C)(C)O[C@H]3[C@H]2C(=O)N2CCCc3cc(F)ccc32)n1. The molecule has 186 valence electrons. The summed E-state index contributed by atoms with van der Waals surface area (Å²) in [5.74, 6) is -3.18. The molecule has 0 radical (unpaired) electrons. The largest absolute Gasteiger partial charge is 0.416 e. The normalized spacial score (nSPS) is 25.6. The van der Waals surface area contributed by atoms with Gasteiger partial charge in [0.1, 0.15) is 23.8 Å². The van der Waals surface area contributed by atoms with E-state index in [4.69, 9.17) is 9.47 Å². The maximum Gasteiger partial charge on any atom is 0.416 e. The fourth-order valence-electron chi connectivity index (χ4n) is 5.03. The van der Waals surface area contributed by atoms with Crippen molar-refractivity contribution in [1.82, 2.24) is 4.98 Å². The number of halogens is 4. The lowest BCUT2D eigenvalue weighted by Crippen LogP contribution is -2.53. The van der Waals surface area contributed by atoms with Crippen LogP contribution in [0.15, 0.2) is 30.3 Å².